The first-order valence-electron chi connectivity index (χ1n) is 13.6. The molecule has 0 unspecified atom stereocenters. The summed E-state index contributed by atoms with van der Waals surface area (Å²) in [6.45, 7) is 1.12. The van der Waals surface area contributed by atoms with Crippen LogP contribution in [-0.4, -0.2) is 49.8 Å². The Morgan fingerprint density at radius 2 is 1.74 bits per heavy atom. The minimum absolute atomic E-state index is 0.0122. The summed E-state index contributed by atoms with van der Waals surface area (Å²) in [4.78, 5) is 32.7. The molecule has 1 saturated carbocycles. The number of imidazole rings is 1. The van der Waals surface area contributed by atoms with Gasteiger partial charge in [-0.3, -0.25) is 14.3 Å². The number of hydrogen-bond acceptors (Lipinski definition) is 4. The fourth-order valence-corrected chi connectivity index (χ4v) is 4.99. The number of H-pyrrole nitrogens is 1. The van der Waals surface area contributed by atoms with Crippen molar-refractivity contribution < 1.29 is 44.7 Å². The quantitative estimate of drug-likeness (QED) is 0.224. The molecular weight excluding hydrogens is 592 g/mol. The maximum Gasteiger partial charge on any atom is 0.390 e. The molecule has 1 fully saturated rings. The lowest BCUT2D eigenvalue weighted by Gasteiger charge is -2.33. The number of amides is 2. The molecule has 0 spiro atoms. The first-order valence-corrected chi connectivity index (χ1v) is 13.6. The number of aromatic nitrogens is 4. The molecule has 1 aromatic carbocycles. The molecule has 3 aromatic rings. The largest absolute Gasteiger partial charge is 0.390 e. The number of alkyl halides is 8. The predicted molar refractivity (Wildman–Crippen MR) is 138 cm³/mol. The smallest absolute Gasteiger partial charge is 0.350 e. The first-order chi connectivity index (χ1) is 20.0. The summed E-state index contributed by atoms with van der Waals surface area (Å²) in [5.41, 5.74) is 1.48. The third-order valence-corrected chi connectivity index (χ3v) is 7.37. The Kier molecular flexibility index (Phi) is 9.35. The second-order valence-electron chi connectivity index (χ2n) is 10.8. The Balaban J connectivity index is 1.53. The molecule has 4 rings (SSSR count). The Bertz CT molecular complexity index is 1420. The van der Waals surface area contributed by atoms with E-state index in [1.54, 1.807) is 25.1 Å². The molecular formula is C27H30F8N6O2. The van der Waals surface area contributed by atoms with Crippen molar-refractivity contribution in [2.24, 2.45) is 5.92 Å². The summed E-state index contributed by atoms with van der Waals surface area (Å²) in [5, 5.41) is 9.10. The van der Waals surface area contributed by atoms with Crippen molar-refractivity contribution in [3.8, 4) is 0 Å². The minimum atomic E-state index is -4.46. The molecule has 0 radical (unpaired) electrons. The molecule has 0 saturated heterocycles. The van der Waals surface area contributed by atoms with E-state index in [2.05, 4.69) is 25.7 Å². The lowest BCUT2D eigenvalue weighted by Crippen LogP contribution is -2.37. The van der Waals surface area contributed by atoms with E-state index in [-0.39, 0.29) is 24.2 Å². The van der Waals surface area contributed by atoms with Crippen LogP contribution < -0.4 is 10.6 Å². The lowest BCUT2D eigenvalue weighted by molar-refractivity contribution is -0.144. The zero-order chi connectivity index (χ0) is 31.6. The molecule has 236 valence electrons. The van der Waals surface area contributed by atoms with Crippen molar-refractivity contribution in [3.63, 3.8) is 0 Å². The van der Waals surface area contributed by atoms with Gasteiger partial charge in [-0.15, -0.1) is 0 Å². The van der Waals surface area contributed by atoms with Crippen LogP contribution in [0.4, 0.5) is 35.1 Å². The number of nitrogens with zero attached hydrogens (tertiary/aromatic N) is 3. The Hall–Kier alpha value is -3.72. The molecule has 2 heterocycles. The van der Waals surface area contributed by atoms with E-state index in [4.69, 9.17) is 0 Å². The average Bonchev–Trinajstić information content (AvgIpc) is 3.55. The second kappa shape index (κ2) is 12.5. The van der Waals surface area contributed by atoms with E-state index in [0.29, 0.717) is 16.6 Å². The summed E-state index contributed by atoms with van der Waals surface area (Å²) in [5.74, 6) is -4.45. The van der Waals surface area contributed by atoms with Crippen LogP contribution in [0.1, 0.15) is 85.7 Å². The van der Waals surface area contributed by atoms with Crippen molar-refractivity contribution in [2.75, 3.05) is 0 Å². The second-order valence-corrected chi connectivity index (χ2v) is 10.8. The van der Waals surface area contributed by atoms with E-state index >= 15 is 0 Å². The van der Waals surface area contributed by atoms with Crippen molar-refractivity contribution >= 4 is 22.8 Å². The van der Waals surface area contributed by atoms with Crippen molar-refractivity contribution in [1.29, 1.82) is 0 Å². The number of halogens is 8. The molecule has 2 amide bonds. The Morgan fingerprint density at radius 3 is 2.40 bits per heavy atom. The summed E-state index contributed by atoms with van der Waals surface area (Å²) < 4.78 is 104. The van der Waals surface area contributed by atoms with E-state index in [1.807, 2.05) is 0 Å². The SMILES string of the molecule is C[C@@H](NC(=O)CCC(F)(F)F)c1ccc2nc([C@@H](NC(=O)c3cnn(CCC(F)(F)F)c3)C3CCC(F)(F)CC3)[nH]c2c1. The van der Waals surface area contributed by atoms with Gasteiger partial charge in [-0.25, -0.2) is 13.8 Å². The predicted octanol–water partition coefficient (Wildman–Crippen LogP) is 6.53. The van der Waals surface area contributed by atoms with Crippen LogP contribution in [-0.2, 0) is 11.3 Å². The number of carbonyl (C=O) groups excluding carboxylic acids is 2. The zero-order valence-corrected chi connectivity index (χ0v) is 23.0. The van der Waals surface area contributed by atoms with Crippen LogP contribution >= 0.6 is 0 Å². The number of benzene rings is 1. The van der Waals surface area contributed by atoms with Gasteiger partial charge in [-0.1, -0.05) is 6.07 Å². The van der Waals surface area contributed by atoms with Crippen molar-refractivity contribution in [2.45, 2.75) is 88.8 Å². The number of hydrogen-bond donors (Lipinski definition) is 3. The highest BCUT2D eigenvalue weighted by atomic mass is 19.4. The van der Waals surface area contributed by atoms with Gasteiger partial charge in [-0.2, -0.15) is 31.4 Å². The first kappa shape index (κ1) is 32.2. The van der Waals surface area contributed by atoms with Crippen molar-refractivity contribution in [1.82, 2.24) is 30.4 Å². The monoisotopic (exact) mass is 622 g/mol. The third kappa shape index (κ3) is 9.13. The normalized spacial score (nSPS) is 17.5. The number of nitrogens with one attached hydrogen (secondary N) is 3. The third-order valence-electron chi connectivity index (χ3n) is 7.37. The fourth-order valence-electron chi connectivity index (χ4n) is 4.99. The maximum atomic E-state index is 13.9. The summed E-state index contributed by atoms with van der Waals surface area (Å²) in [7, 11) is 0. The Labute approximate surface area is 240 Å². The molecule has 16 heteroatoms. The highest BCUT2D eigenvalue weighted by Crippen LogP contribution is 2.41. The van der Waals surface area contributed by atoms with Crippen molar-refractivity contribution in [3.05, 3.63) is 47.5 Å². The highest BCUT2D eigenvalue weighted by Gasteiger charge is 2.39. The number of fused-ring (bicyclic) bond motifs is 1. The molecule has 8 nitrogen and oxygen atoms in total. The van der Waals surface area contributed by atoms with Gasteiger partial charge in [0.05, 0.1) is 47.7 Å². The van der Waals surface area contributed by atoms with Crippen LogP contribution in [0, 0.1) is 5.92 Å². The van der Waals surface area contributed by atoms with Crippen LogP contribution in [0.2, 0.25) is 0 Å². The number of aryl methyl sites for hydroxylation is 1. The number of rotatable bonds is 10. The Morgan fingerprint density at radius 1 is 1.07 bits per heavy atom. The van der Waals surface area contributed by atoms with Crippen LogP contribution in [0.3, 0.4) is 0 Å². The van der Waals surface area contributed by atoms with Gasteiger partial charge in [-0.05, 0) is 43.4 Å². The van der Waals surface area contributed by atoms with E-state index in [1.165, 1.54) is 6.20 Å². The van der Waals surface area contributed by atoms with Gasteiger partial charge in [0.25, 0.3) is 5.91 Å². The molecule has 3 N–H and O–H groups in total. The van der Waals surface area contributed by atoms with Crippen LogP contribution in [0.5, 0.6) is 0 Å². The highest BCUT2D eigenvalue weighted by molar-refractivity contribution is 5.94. The molecule has 0 aliphatic heterocycles. The van der Waals surface area contributed by atoms with Gasteiger partial charge in [0.1, 0.15) is 5.82 Å². The van der Waals surface area contributed by atoms with Crippen LogP contribution in [0.25, 0.3) is 11.0 Å². The van der Waals surface area contributed by atoms with Crippen LogP contribution in [0.15, 0.2) is 30.6 Å². The standard InChI is InChI=1S/C27H30F8N6O2/c1-15(37-21(42)6-9-26(30,31)32)17-2-3-19-20(12-17)39-23(38-19)22(16-4-7-25(28,29)8-5-16)40-24(43)18-13-36-41(14-18)11-10-27(33,34)35/h2-3,12-16,22H,4-11H2,1H3,(H,37,42)(H,38,39)(H,40,43)/t15-,22+/m1/s1. The fraction of sp³-hybridized carbons (Fsp3) is 0.556. The summed E-state index contributed by atoms with van der Waals surface area (Å²) in [6.07, 6.45) is -10.3. The average molecular weight is 623 g/mol. The zero-order valence-electron chi connectivity index (χ0n) is 23.0. The summed E-state index contributed by atoms with van der Waals surface area (Å²) in [6, 6.07) is 3.39. The molecule has 2 aromatic heterocycles. The van der Waals surface area contributed by atoms with Gasteiger partial charge < -0.3 is 15.6 Å². The summed E-state index contributed by atoms with van der Waals surface area (Å²) >= 11 is 0. The maximum absolute atomic E-state index is 13.9. The van der Waals surface area contributed by atoms with E-state index in [9.17, 15) is 44.7 Å². The molecule has 1 aliphatic rings. The number of carbonyl (C=O) groups is 2. The van der Waals surface area contributed by atoms with Gasteiger partial charge >= 0.3 is 12.4 Å². The van der Waals surface area contributed by atoms with Gasteiger partial charge in [0, 0.05) is 32.0 Å². The number of aromatic amines is 1. The lowest BCUT2D eigenvalue weighted by atomic mass is 9.81. The molecule has 1 aliphatic carbocycles. The van der Waals surface area contributed by atoms with E-state index < -0.39 is 86.7 Å². The minimum Gasteiger partial charge on any atom is -0.350 e. The van der Waals surface area contributed by atoms with E-state index in [0.717, 1.165) is 10.9 Å². The molecule has 2 atom stereocenters. The van der Waals surface area contributed by atoms with Gasteiger partial charge in [0.2, 0.25) is 11.8 Å². The topological polar surface area (TPSA) is 105 Å². The van der Waals surface area contributed by atoms with Gasteiger partial charge in [0.15, 0.2) is 0 Å². The molecule has 43 heavy (non-hydrogen) atoms. The molecule has 0 bridgehead atoms.